The quantitative estimate of drug-likeness (QED) is 0.0624. The molecular formula is C33H66O6. The summed E-state index contributed by atoms with van der Waals surface area (Å²) in [5.41, 5.74) is 0. The second kappa shape index (κ2) is 34.9. The van der Waals surface area contributed by atoms with Gasteiger partial charge >= 0.3 is 11.9 Å². The van der Waals surface area contributed by atoms with Crippen LogP contribution in [-0.2, 0) is 14.3 Å². The van der Waals surface area contributed by atoms with E-state index >= 15 is 0 Å². The van der Waals surface area contributed by atoms with Crippen LogP contribution in [0.2, 0.25) is 0 Å². The number of hydrogen-bond donors (Lipinski definition) is 3. The first-order valence-electron chi connectivity index (χ1n) is 16.6. The number of aliphatic hydroxyl groups is 2. The predicted molar refractivity (Wildman–Crippen MR) is 163 cm³/mol. The van der Waals surface area contributed by atoms with E-state index in [1.807, 2.05) is 0 Å². The van der Waals surface area contributed by atoms with Gasteiger partial charge in [0.25, 0.3) is 0 Å². The Morgan fingerprint density at radius 1 is 0.538 bits per heavy atom. The molecule has 0 aromatic carbocycles. The summed E-state index contributed by atoms with van der Waals surface area (Å²) in [6.07, 6.45) is 30.5. The number of rotatable bonds is 29. The highest BCUT2D eigenvalue weighted by atomic mass is 16.5. The molecule has 0 rings (SSSR count). The summed E-state index contributed by atoms with van der Waals surface area (Å²) in [4.78, 5) is 21.6. The highest BCUT2D eigenvalue weighted by Crippen LogP contribution is 2.13. The highest BCUT2D eigenvalue weighted by Gasteiger charge is 2.07. The minimum absolute atomic E-state index is 0.104. The third kappa shape index (κ3) is 39.1. The van der Waals surface area contributed by atoms with Crippen molar-refractivity contribution in [2.75, 3.05) is 13.2 Å². The topological polar surface area (TPSA) is 104 Å². The van der Waals surface area contributed by atoms with Crippen LogP contribution in [0.1, 0.15) is 181 Å². The van der Waals surface area contributed by atoms with Crippen LogP contribution in [0.5, 0.6) is 0 Å². The summed E-state index contributed by atoms with van der Waals surface area (Å²) >= 11 is 0. The smallest absolute Gasteiger partial charge is 0.305 e. The summed E-state index contributed by atoms with van der Waals surface area (Å²) < 4.78 is 4.85. The van der Waals surface area contributed by atoms with Crippen LogP contribution in [0.25, 0.3) is 0 Å². The number of carboxylic acid groups (broad SMARTS) is 1. The number of carbonyl (C=O) groups excluding carboxylic acids is 1. The molecule has 6 nitrogen and oxygen atoms in total. The molecule has 6 heteroatoms. The first-order chi connectivity index (χ1) is 19.0. The molecule has 0 radical (unpaired) electrons. The van der Waals surface area contributed by atoms with Crippen molar-refractivity contribution < 1.29 is 29.6 Å². The Balaban J connectivity index is 0. The largest absolute Gasteiger partial charge is 0.481 e. The van der Waals surface area contributed by atoms with Gasteiger partial charge in [-0.05, 0) is 12.8 Å². The minimum atomic E-state index is -0.953. The van der Waals surface area contributed by atoms with Gasteiger partial charge < -0.3 is 20.1 Å². The maximum atomic E-state index is 11.3. The molecule has 0 aliphatic carbocycles. The number of unbranched alkanes of at least 4 members (excludes halogenated alkanes) is 22. The molecule has 0 aliphatic heterocycles. The van der Waals surface area contributed by atoms with Crippen LogP contribution in [-0.4, -0.2) is 46.6 Å². The first kappa shape index (κ1) is 40.0. The van der Waals surface area contributed by atoms with Crippen LogP contribution in [0.4, 0.5) is 0 Å². The zero-order valence-corrected chi connectivity index (χ0v) is 25.9. The SMILES string of the molecule is CCCCCCCCCCCCCCC(=O)O.CCCCCCCCCCCCCCC(=O)OCC(O)CO. The number of carbonyl (C=O) groups is 2. The molecule has 0 bridgehead atoms. The normalized spacial score (nSPS) is 11.6. The lowest BCUT2D eigenvalue weighted by molar-refractivity contribution is -0.147. The Morgan fingerprint density at radius 3 is 1.15 bits per heavy atom. The molecule has 1 unspecified atom stereocenters. The van der Waals surface area contributed by atoms with Crippen molar-refractivity contribution in [2.45, 2.75) is 187 Å². The lowest BCUT2D eigenvalue weighted by atomic mass is 10.0. The molecule has 234 valence electrons. The van der Waals surface area contributed by atoms with Crippen molar-refractivity contribution in [3.05, 3.63) is 0 Å². The molecule has 0 amide bonds. The zero-order valence-electron chi connectivity index (χ0n) is 25.9. The van der Waals surface area contributed by atoms with Gasteiger partial charge in [-0.15, -0.1) is 0 Å². The van der Waals surface area contributed by atoms with Gasteiger partial charge in [-0.1, -0.05) is 155 Å². The van der Waals surface area contributed by atoms with E-state index in [0.29, 0.717) is 12.8 Å². The van der Waals surface area contributed by atoms with Gasteiger partial charge in [0.05, 0.1) is 6.61 Å². The third-order valence-corrected chi connectivity index (χ3v) is 7.13. The van der Waals surface area contributed by atoms with Crippen LogP contribution < -0.4 is 0 Å². The molecule has 0 aromatic rings. The van der Waals surface area contributed by atoms with E-state index in [1.54, 1.807) is 0 Å². The number of esters is 1. The molecule has 1 atom stereocenters. The van der Waals surface area contributed by atoms with E-state index in [9.17, 15) is 9.59 Å². The van der Waals surface area contributed by atoms with Gasteiger partial charge in [0.15, 0.2) is 0 Å². The van der Waals surface area contributed by atoms with Crippen molar-refractivity contribution in [3.63, 3.8) is 0 Å². The average molecular weight is 559 g/mol. The first-order valence-corrected chi connectivity index (χ1v) is 16.6. The molecule has 0 aromatic heterocycles. The predicted octanol–water partition coefficient (Wildman–Crippen LogP) is 9.14. The zero-order chi connectivity index (χ0) is 29.2. The number of aliphatic carboxylic acids is 1. The standard InChI is InChI=1S/C18H36O4.C15H30O2/c1-2-3-4-5-6-7-8-9-10-11-12-13-14-18(21)22-16-17(20)15-19;1-2-3-4-5-6-7-8-9-10-11-12-13-14-15(16)17/h17,19-20H,2-16H2,1H3;2-14H2,1H3,(H,16,17). The maximum absolute atomic E-state index is 11.3. The number of ether oxygens (including phenoxy) is 1. The van der Waals surface area contributed by atoms with Crippen LogP contribution >= 0.6 is 0 Å². The van der Waals surface area contributed by atoms with Crippen molar-refractivity contribution >= 4 is 11.9 Å². The molecule has 39 heavy (non-hydrogen) atoms. The van der Waals surface area contributed by atoms with Gasteiger partial charge in [-0.3, -0.25) is 9.59 Å². The van der Waals surface area contributed by atoms with E-state index < -0.39 is 12.1 Å². The van der Waals surface area contributed by atoms with Crippen LogP contribution in [0.3, 0.4) is 0 Å². The summed E-state index contributed by atoms with van der Waals surface area (Å²) in [6, 6.07) is 0. The lowest BCUT2D eigenvalue weighted by Crippen LogP contribution is -2.21. The monoisotopic (exact) mass is 558 g/mol. The summed E-state index contributed by atoms with van der Waals surface area (Å²) in [5.74, 6) is -0.934. The van der Waals surface area contributed by atoms with Crippen molar-refractivity contribution in [1.29, 1.82) is 0 Å². The van der Waals surface area contributed by atoms with Crippen molar-refractivity contribution in [3.8, 4) is 0 Å². The molecule has 0 saturated heterocycles. The molecule has 0 spiro atoms. The van der Waals surface area contributed by atoms with E-state index in [1.165, 1.54) is 128 Å². The Morgan fingerprint density at radius 2 is 0.846 bits per heavy atom. The van der Waals surface area contributed by atoms with Crippen molar-refractivity contribution in [1.82, 2.24) is 0 Å². The molecule has 0 saturated carbocycles. The van der Waals surface area contributed by atoms with E-state index in [-0.39, 0.29) is 19.2 Å². The third-order valence-electron chi connectivity index (χ3n) is 7.13. The van der Waals surface area contributed by atoms with E-state index in [2.05, 4.69) is 13.8 Å². The van der Waals surface area contributed by atoms with Crippen LogP contribution in [0, 0.1) is 0 Å². The Bertz CT molecular complexity index is 497. The second-order valence-electron chi connectivity index (χ2n) is 11.2. The van der Waals surface area contributed by atoms with Gasteiger partial charge in [0.1, 0.15) is 12.7 Å². The van der Waals surface area contributed by atoms with Gasteiger partial charge in [0.2, 0.25) is 0 Å². The van der Waals surface area contributed by atoms with Gasteiger partial charge in [0, 0.05) is 12.8 Å². The summed E-state index contributed by atoms with van der Waals surface area (Å²) in [5, 5.41) is 26.1. The second-order valence-corrected chi connectivity index (χ2v) is 11.2. The number of hydrogen-bond acceptors (Lipinski definition) is 5. The molecule has 0 aliphatic rings. The lowest BCUT2D eigenvalue weighted by Gasteiger charge is -2.08. The molecule has 0 heterocycles. The highest BCUT2D eigenvalue weighted by molar-refractivity contribution is 5.69. The van der Waals surface area contributed by atoms with Crippen LogP contribution in [0.15, 0.2) is 0 Å². The fraction of sp³-hybridized carbons (Fsp3) is 0.939. The minimum Gasteiger partial charge on any atom is -0.481 e. The Labute approximate surface area is 241 Å². The van der Waals surface area contributed by atoms with Gasteiger partial charge in [-0.25, -0.2) is 0 Å². The fourth-order valence-electron chi connectivity index (χ4n) is 4.54. The molecular weight excluding hydrogens is 492 g/mol. The molecule has 0 fully saturated rings. The van der Waals surface area contributed by atoms with Crippen molar-refractivity contribution in [2.24, 2.45) is 0 Å². The van der Waals surface area contributed by atoms with Gasteiger partial charge in [-0.2, -0.15) is 0 Å². The average Bonchev–Trinajstić information content (AvgIpc) is 2.93. The number of carboxylic acids is 1. The van der Waals surface area contributed by atoms with E-state index in [0.717, 1.165) is 25.7 Å². The maximum Gasteiger partial charge on any atom is 0.305 e. The Kier molecular flexibility index (Phi) is 35.8. The van der Waals surface area contributed by atoms with E-state index in [4.69, 9.17) is 20.1 Å². The summed E-state index contributed by atoms with van der Waals surface area (Å²) in [7, 11) is 0. The summed E-state index contributed by atoms with van der Waals surface area (Å²) in [6.45, 7) is 4.03. The molecule has 3 N–H and O–H groups in total. The Hall–Kier alpha value is -1.14. The fourth-order valence-corrected chi connectivity index (χ4v) is 4.54. The number of aliphatic hydroxyl groups excluding tert-OH is 2.